The number of benzene rings is 1. The zero-order valence-electron chi connectivity index (χ0n) is 19.5. The standard InChI is InChI=1S/C25H31N5O3/c1-4-32-20-10-8-18(9-11-20)14-19-6-5-7-21(26-19)22-16-30(12-13-33-22)24(31)15-23-27-25(17(2)3)29-28-23/h5-11,17,22H,4,12-16H2,1-3H3,(H,27,28,29)/t22-/m0/s1. The van der Waals surface area contributed by atoms with Gasteiger partial charge in [-0.15, -0.1) is 0 Å². The Kier molecular flexibility index (Phi) is 7.34. The van der Waals surface area contributed by atoms with Crippen LogP contribution in [0.3, 0.4) is 0 Å². The fraction of sp³-hybridized carbons (Fsp3) is 0.440. The van der Waals surface area contributed by atoms with Crippen molar-refractivity contribution in [2.75, 3.05) is 26.3 Å². The lowest BCUT2D eigenvalue weighted by molar-refractivity contribution is -0.138. The van der Waals surface area contributed by atoms with Crippen LogP contribution in [0.4, 0.5) is 0 Å². The summed E-state index contributed by atoms with van der Waals surface area (Å²) in [4.78, 5) is 23.9. The van der Waals surface area contributed by atoms with Crippen molar-refractivity contribution in [2.45, 2.75) is 45.6 Å². The molecule has 1 fully saturated rings. The Morgan fingerprint density at radius 2 is 2.03 bits per heavy atom. The summed E-state index contributed by atoms with van der Waals surface area (Å²) in [5, 5.41) is 7.07. The average molecular weight is 450 g/mol. The van der Waals surface area contributed by atoms with Crippen LogP contribution in [0.1, 0.15) is 61.4 Å². The van der Waals surface area contributed by atoms with E-state index in [0.29, 0.717) is 32.1 Å². The van der Waals surface area contributed by atoms with Crippen LogP contribution in [0.25, 0.3) is 0 Å². The smallest absolute Gasteiger partial charge is 0.230 e. The van der Waals surface area contributed by atoms with E-state index in [1.807, 2.05) is 56.0 Å². The predicted octanol–water partition coefficient (Wildman–Crippen LogP) is 3.46. The minimum atomic E-state index is -0.246. The predicted molar refractivity (Wildman–Crippen MR) is 124 cm³/mol. The molecule has 1 N–H and O–H groups in total. The van der Waals surface area contributed by atoms with E-state index >= 15 is 0 Å². The minimum absolute atomic E-state index is 0.0142. The van der Waals surface area contributed by atoms with Crippen molar-refractivity contribution in [1.29, 1.82) is 0 Å². The highest BCUT2D eigenvalue weighted by Crippen LogP contribution is 2.22. The lowest BCUT2D eigenvalue weighted by atomic mass is 10.1. The number of hydrogen-bond acceptors (Lipinski definition) is 6. The quantitative estimate of drug-likeness (QED) is 0.566. The first-order valence-electron chi connectivity index (χ1n) is 11.5. The number of hydrogen-bond donors (Lipinski definition) is 1. The molecule has 1 saturated heterocycles. The number of rotatable bonds is 8. The summed E-state index contributed by atoms with van der Waals surface area (Å²) in [5.74, 6) is 2.43. The van der Waals surface area contributed by atoms with E-state index in [2.05, 4.69) is 27.3 Å². The number of amides is 1. The van der Waals surface area contributed by atoms with Gasteiger partial charge in [-0.2, -0.15) is 5.10 Å². The molecule has 0 radical (unpaired) electrons. The number of morpholine rings is 1. The number of pyridine rings is 1. The highest BCUT2D eigenvalue weighted by molar-refractivity contribution is 5.78. The second-order valence-electron chi connectivity index (χ2n) is 8.48. The van der Waals surface area contributed by atoms with Gasteiger partial charge in [0.15, 0.2) is 5.82 Å². The third-order valence-corrected chi connectivity index (χ3v) is 5.58. The van der Waals surface area contributed by atoms with Crippen LogP contribution in [-0.4, -0.2) is 57.3 Å². The molecule has 1 aromatic carbocycles. The van der Waals surface area contributed by atoms with Gasteiger partial charge in [-0.3, -0.25) is 14.9 Å². The van der Waals surface area contributed by atoms with Crippen LogP contribution in [-0.2, 0) is 22.4 Å². The van der Waals surface area contributed by atoms with Crippen LogP contribution in [0.15, 0.2) is 42.5 Å². The van der Waals surface area contributed by atoms with Crippen molar-refractivity contribution in [2.24, 2.45) is 0 Å². The zero-order valence-corrected chi connectivity index (χ0v) is 19.5. The van der Waals surface area contributed by atoms with Crippen molar-refractivity contribution in [3.05, 3.63) is 71.1 Å². The monoisotopic (exact) mass is 449 g/mol. The van der Waals surface area contributed by atoms with Gasteiger partial charge in [0.05, 0.1) is 31.9 Å². The maximum absolute atomic E-state index is 12.9. The maximum Gasteiger partial charge on any atom is 0.230 e. The SMILES string of the molecule is CCOc1ccc(Cc2cccc([C@@H]3CN(C(=O)Cc4nc(C(C)C)n[nH]4)CCO3)n2)cc1. The molecule has 1 atom stereocenters. The number of nitrogens with one attached hydrogen (secondary N) is 1. The number of nitrogens with zero attached hydrogens (tertiary/aromatic N) is 4. The molecule has 8 heteroatoms. The fourth-order valence-electron chi connectivity index (χ4n) is 3.81. The Morgan fingerprint density at radius 3 is 2.76 bits per heavy atom. The molecule has 4 rings (SSSR count). The van der Waals surface area contributed by atoms with E-state index in [1.165, 1.54) is 0 Å². The third kappa shape index (κ3) is 5.96. The number of carbonyl (C=O) groups excluding carboxylic acids is 1. The van der Waals surface area contributed by atoms with Crippen LogP contribution >= 0.6 is 0 Å². The molecule has 0 bridgehead atoms. The van der Waals surface area contributed by atoms with Crippen molar-refractivity contribution >= 4 is 5.91 Å². The van der Waals surface area contributed by atoms with Gasteiger partial charge in [-0.25, -0.2) is 4.98 Å². The van der Waals surface area contributed by atoms with Gasteiger partial charge >= 0.3 is 0 Å². The molecule has 174 valence electrons. The first-order chi connectivity index (χ1) is 16.0. The molecule has 0 spiro atoms. The summed E-state index contributed by atoms with van der Waals surface area (Å²) in [6.45, 7) is 8.20. The summed E-state index contributed by atoms with van der Waals surface area (Å²) in [5.41, 5.74) is 2.97. The number of aromatic amines is 1. The largest absolute Gasteiger partial charge is 0.494 e. The van der Waals surface area contributed by atoms with Crippen LogP contribution in [0, 0.1) is 0 Å². The molecule has 2 aromatic heterocycles. The molecule has 0 unspecified atom stereocenters. The van der Waals surface area contributed by atoms with E-state index in [4.69, 9.17) is 14.5 Å². The first kappa shape index (κ1) is 22.9. The highest BCUT2D eigenvalue weighted by atomic mass is 16.5. The molecule has 8 nitrogen and oxygen atoms in total. The van der Waals surface area contributed by atoms with Gasteiger partial charge in [0.25, 0.3) is 0 Å². The van der Waals surface area contributed by atoms with E-state index in [-0.39, 0.29) is 24.3 Å². The Hall–Kier alpha value is -3.26. The minimum Gasteiger partial charge on any atom is -0.494 e. The van der Waals surface area contributed by atoms with Crippen molar-refractivity contribution < 1.29 is 14.3 Å². The lowest BCUT2D eigenvalue weighted by Gasteiger charge is -2.32. The Balaban J connectivity index is 1.38. The summed E-state index contributed by atoms with van der Waals surface area (Å²) in [6.07, 6.45) is 0.681. The summed E-state index contributed by atoms with van der Waals surface area (Å²) >= 11 is 0. The normalized spacial score (nSPS) is 16.2. The molecule has 1 amide bonds. The number of ether oxygens (including phenoxy) is 2. The number of H-pyrrole nitrogens is 1. The molecular formula is C25H31N5O3. The topological polar surface area (TPSA) is 93.2 Å². The third-order valence-electron chi connectivity index (χ3n) is 5.58. The van der Waals surface area contributed by atoms with Crippen LogP contribution in [0.2, 0.25) is 0 Å². The van der Waals surface area contributed by atoms with Crippen molar-refractivity contribution in [1.82, 2.24) is 25.1 Å². The molecule has 0 saturated carbocycles. The van der Waals surface area contributed by atoms with E-state index < -0.39 is 0 Å². The molecule has 3 heterocycles. The second-order valence-corrected chi connectivity index (χ2v) is 8.48. The Bertz CT molecular complexity index is 1060. The molecule has 1 aliphatic rings. The molecular weight excluding hydrogens is 418 g/mol. The molecule has 1 aliphatic heterocycles. The summed E-state index contributed by atoms with van der Waals surface area (Å²) in [7, 11) is 0. The van der Waals surface area contributed by atoms with Crippen LogP contribution in [0.5, 0.6) is 5.75 Å². The fourth-order valence-corrected chi connectivity index (χ4v) is 3.81. The van der Waals surface area contributed by atoms with Gasteiger partial charge in [0, 0.05) is 24.6 Å². The van der Waals surface area contributed by atoms with Crippen LogP contribution < -0.4 is 4.74 Å². The maximum atomic E-state index is 12.9. The Labute approximate surface area is 194 Å². The second kappa shape index (κ2) is 10.6. The molecule has 3 aromatic rings. The zero-order chi connectivity index (χ0) is 23.2. The molecule has 0 aliphatic carbocycles. The first-order valence-corrected chi connectivity index (χ1v) is 11.5. The van der Waals surface area contributed by atoms with E-state index in [1.54, 1.807) is 0 Å². The highest BCUT2D eigenvalue weighted by Gasteiger charge is 2.27. The number of carbonyl (C=O) groups is 1. The summed E-state index contributed by atoms with van der Waals surface area (Å²) in [6, 6.07) is 14.1. The number of aromatic nitrogens is 4. The van der Waals surface area contributed by atoms with Gasteiger partial charge in [-0.1, -0.05) is 32.0 Å². The van der Waals surface area contributed by atoms with Gasteiger partial charge in [0.2, 0.25) is 5.91 Å². The van der Waals surface area contributed by atoms with Crippen molar-refractivity contribution in [3.8, 4) is 5.75 Å². The van der Waals surface area contributed by atoms with Crippen molar-refractivity contribution in [3.63, 3.8) is 0 Å². The Morgan fingerprint density at radius 1 is 1.21 bits per heavy atom. The van der Waals surface area contributed by atoms with E-state index in [0.717, 1.165) is 34.9 Å². The summed E-state index contributed by atoms with van der Waals surface area (Å²) < 4.78 is 11.5. The lowest BCUT2D eigenvalue weighted by Crippen LogP contribution is -2.43. The molecule has 33 heavy (non-hydrogen) atoms. The van der Waals surface area contributed by atoms with Gasteiger partial charge in [-0.05, 0) is 36.8 Å². The van der Waals surface area contributed by atoms with E-state index in [9.17, 15) is 4.79 Å². The average Bonchev–Trinajstić information content (AvgIpc) is 3.30. The van der Waals surface area contributed by atoms with Gasteiger partial charge in [0.1, 0.15) is 17.7 Å². The van der Waals surface area contributed by atoms with Gasteiger partial charge < -0.3 is 14.4 Å².